The van der Waals surface area contributed by atoms with Crippen LogP contribution in [0.15, 0.2) is 36.7 Å². The maximum atomic E-state index is 13.6. The summed E-state index contributed by atoms with van der Waals surface area (Å²) in [5, 5.41) is 5.75. The van der Waals surface area contributed by atoms with Crippen LogP contribution in [0.4, 0.5) is 9.18 Å². The van der Waals surface area contributed by atoms with Crippen LogP contribution >= 0.6 is 0 Å². The number of hydrogen-bond acceptors (Lipinski definition) is 3. The van der Waals surface area contributed by atoms with Gasteiger partial charge in [-0.25, -0.2) is 14.2 Å². The smallest absolute Gasteiger partial charge is 0.315 e. The average Bonchev–Trinajstić information content (AvgIpc) is 3.22. The quantitative estimate of drug-likeness (QED) is 0.880. The van der Waals surface area contributed by atoms with Gasteiger partial charge in [0.2, 0.25) is 0 Å². The zero-order valence-electron chi connectivity index (χ0n) is 13.5. The summed E-state index contributed by atoms with van der Waals surface area (Å²) < 4.78 is 20.7. The molecule has 6 nitrogen and oxygen atoms in total. The molecule has 2 amide bonds. The molecule has 7 heteroatoms. The topological polar surface area (TPSA) is 68.2 Å². The number of aryl methyl sites for hydroxylation is 1. The molecule has 1 aliphatic rings. The molecule has 0 bridgehead atoms. The van der Waals surface area contributed by atoms with Gasteiger partial charge in [0, 0.05) is 38.5 Å². The third kappa shape index (κ3) is 3.91. The number of carbonyl (C=O) groups is 1. The molecule has 128 valence electrons. The van der Waals surface area contributed by atoms with Gasteiger partial charge in [-0.15, -0.1) is 0 Å². The minimum absolute atomic E-state index is 0.306. The monoisotopic (exact) mass is 332 g/mol. The van der Waals surface area contributed by atoms with Crippen LogP contribution in [0.1, 0.15) is 23.9 Å². The van der Waals surface area contributed by atoms with Gasteiger partial charge in [0.25, 0.3) is 0 Å². The van der Waals surface area contributed by atoms with Crippen LogP contribution < -0.4 is 10.6 Å². The summed E-state index contributed by atoms with van der Waals surface area (Å²) in [7, 11) is 1.84. The number of nitrogens with one attached hydrogen (secondary N) is 2. The molecule has 3 rings (SSSR count). The van der Waals surface area contributed by atoms with Crippen molar-refractivity contribution in [3.05, 3.63) is 53.9 Å². The normalized spacial score (nSPS) is 18.3. The summed E-state index contributed by atoms with van der Waals surface area (Å²) in [5.74, 6) is 0.633. The summed E-state index contributed by atoms with van der Waals surface area (Å²) >= 11 is 0. The molecular formula is C17H21FN4O2. The second-order valence-electron chi connectivity index (χ2n) is 5.97. The molecule has 2 aromatic rings. The SMILES string of the molecule is Cn1ccnc1[C@H](NC(=O)NC[C@@H]1CCOC1)c1cccc(F)c1. The van der Waals surface area contributed by atoms with E-state index < -0.39 is 6.04 Å². The summed E-state index contributed by atoms with van der Waals surface area (Å²) in [4.78, 5) is 16.6. The number of aromatic nitrogens is 2. The molecule has 1 fully saturated rings. The third-order valence-corrected chi connectivity index (χ3v) is 4.15. The molecule has 2 heterocycles. The Bertz CT molecular complexity index is 697. The lowest BCUT2D eigenvalue weighted by Gasteiger charge is -2.20. The zero-order valence-corrected chi connectivity index (χ0v) is 13.5. The van der Waals surface area contributed by atoms with E-state index in [1.165, 1.54) is 12.1 Å². The van der Waals surface area contributed by atoms with Crippen LogP contribution in [-0.2, 0) is 11.8 Å². The number of rotatable bonds is 5. The molecule has 2 atom stereocenters. The van der Waals surface area contributed by atoms with Crippen molar-refractivity contribution in [3.63, 3.8) is 0 Å². The van der Waals surface area contributed by atoms with Crippen LogP contribution in [0, 0.1) is 11.7 Å². The molecule has 0 aliphatic carbocycles. The predicted molar refractivity (Wildman–Crippen MR) is 86.9 cm³/mol. The third-order valence-electron chi connectivity index (χ3n) is 4.15. The molecule has 1 aliphatic heterocycles. The van der Waals surface area contributed by atoms with Gasteiger partial charge < -0.3 is 19.9 Å². The average molecular weight is 332 g/mol. The zero-order chi connectivity index (χ0) is 16.9. The number of carbonyl (C=O) groups excluding carboxylic acids is 1. The van der Waals surface area contributed by atoms with Gasteiger partial charge in [-0.05, 0) is 24.1 Å². The molecule has 0 radical (unpaired) electrons. The van der Waals surface area contributed by atoms with E-state index in [2.05, 4.69) is 15.6 Å². The van der Waals surface area contributed by atoms with E-state index in [-0.39, 0.29) is 11.8 Å². The Hall–Kier alpha value is -2.41. The second-order valence-corrected chi connectivity index (χ2v) is 5.97. The summed E-state index contributed by atoms with van der Waals surface area (Å²) in [6.07, 6.45) is 4.39. The van der Waals surface area contributed by atoms with E-state index in [1.54, 1.807) is 29.1 Å². The largest absolute Gasteiger partial charge is 0.381 e. The van der Waals surface area contributed by atoms with Gasteiger partial charge in [-0.1, -0.05) is 12.1 Å². The molecular weight excluding hydrogens is 311 g/mol. The van der Waals surface area contributed by atoms with Gasteiger partial charge in [0.15, 0.2) is 0 Å². The standard InChI is InChI=1S/C17H21FN4O2/c1-22-7-6-19-16(22)15(13-3-2-4-14(18)9-13)21-17(23)20-10-12-5-8-24-11-12/h2-4,6-7,9,12,15H,5,8,10-11H2,1H3,(H2,20,21,23)/t12-,15+/m0/s1. The summed E-state index contributed by atoms with van der Waals surface area (Å²) in [6, 6.07) is 5.34. The van der Waals surface area contributed by atoms with Crippen molar-refractivity contribution in [2.24, 2.45) is 13.0 Å². The summed E-state index contributed by atoms with van der Waals surface area (Å²) in [6.45, 7) is 1.97. The fourth-order valence-electron chi connectivity index (χ4n) is 2.80. The molecule has 0 saturated carbocycles. The van der Waals surface area contributed by atoms with E-state index in [0.29, 0.717) is 30.5 Å². The van der Waals surface area contributed by atoms with E-state index in [4.69, 9.17) is 4.74 Å². The lowest BCUT2D eigenvalue weighted by atomic mass is 10.1. The molecule has 1 aromatic carbocycles. The number of amides is 2. The van der Waals surface area contributed by atoms with E-state index >= 15 is 0 Å². The van der Waals surface area contributed by atoms with Gasteiger partial charge in [-0.2, -0.15) is 0 Å². The van der Waals surface area contributed by atoms with E-state index in [9.17, 15) is 9.18 Å². The van der Waals surface area contributed by atoms with Crippen molar-refractivity contribution in [3.8, 4) is 0 Å². The van der Waals surface area contributed by atoms with Crippen LogP contribution in [0.3, 0.4) is 0 Å². The molecule has 0 spiro atoms. The van der Waals surface area contributed by atoms with Gasteiger partial charge in [-0.3, -0.25) is 0 Å². The molecule has 1 saturated heterocycles. The fraction of sp³-hybridized carbons (Fsp3) is 0.412. The first-order valence-corrected chi connectivity index (χ1v) is 7.98. The van der Waals surface area contributed by atoms with Crippen molar-refractivity contribution in [2.75, 3.05) is 19.8 Å². The fourth-order valence-corrected chi connectivity index (χ4v) is 2.80. The number of nitrogens with zero attached hydrogens (tertiary/aromatic N) is 2. The highest BCUT2D eigenvalue weighted by atomic mass is 19.1. The number of hydrogen-bond donors (Lipinski definition) is 2. The lowest BCUT2D eigenvalue weighted by molar-refractivity contribution is 0.185. The van der Waals surface area contributed by atoms with E-state index in [0.717, 1.165) is 13.0 Å². The number of urea groups is 1. The van der Waals surface area contributed by atoms with Crippen LogP contribution in [0.2, 0.25) is 0 Å². The van der Waals surface area contributed by atoms with Crippen molar-refractivity contribution >= 4 is 6.03 Å². The number of ether oxygens (including phenoxy) is 1. The summed E-state index contributed by atoms with van der Waals surface area (Å²) in [5.41, 5.74) is 0.642. The highest BCUT2D eigenvalue weighted by Crippen LogP contribution is 2.21. The van der Waals surface area contributed by atoms with Crippen molar-refractivity contribution in [1.82, 2.24) is 20.2 Å². The molecule has 24 heavy (non-hydrogen) atoms. The molecule has 2 N–H and O–H groups in total. The van der Waals surface area contributed by atoms with Crippen LogP contribution in [0.5, 0.6) is 0 Å². The maximum absolute atomic E-state index is 13.6. The van der Waals surface area contributed by atoms with E-state index in [1.807, 2.05) is 7.05 Å². The predicted octanol–water partition coefficient (Wildman–Crippen LogP) is 1.98. The molecule has 0 unspecified atom stereocenters. The Labute approximate surface area is 140 Å². The first-order valence-electron chi connectivity index (χ1n) is 7.98. The van der Waals surface area contributed by atoms with Crippen LogP contribution in [-0.4, -0.2) is 35.3 Å². The Kier molecular flexibility index (Phi) is 5.10. The Morgan fingerprint density at radius 1 is 1.54 bits per heavy atom. The van der Waals surface area contributed by atoms with Crippen molar-refractivity contribution < 1.29 is 13.9 Å². The number of halogens is 1. The lowest BCUT2D eigenvalue weighted by Crippen LogP contribution is -2.41. The van der Waals surface area contributed by atoms with Crippen molar-refractivity contribution in [2.45, 2.75) is 12.5 Å². The van der Waals surface area contributed by atoms with Gasteiger partial charge in [0.05, 0.1) is 6.61 Å². The van der Waals surface area contributed by atoms with Crippen LogP contribution in [0.25, 0.3) is 0 Å². The first-order chi connectivity index (χ1) is 11.6. The van der Waals surface area contributed by atoms with Crippen molar-refractivity contribution in [1.29, 1.82) is 0 Å². The molecule has 1 aromatic heterocycles. The first kappa shape index (κ1) is 16.4. The minimum Gasteiger partial charge on any atom is -0.381 e. The van der Waals surface area contributed by atoms with Gasteiger partial charge in [0.1, 0.15) is 17.7 Å². The Morgan fingerprint density at radius 2 is 2.42 bits per heavy atom. The second kappa shape index (κ2) is 7.44. The highest BCUT2D eigenvalue weighted by molar-refractivity contribution is 5.74. The number of imidazole rings is 1. The number of benzene rings is 1. The Morgan fingerprint density at radius 3 is 3.08 bits per heavy atom. The minimum atomic E-state index is -0.527. The van der Waals surface area contributed by atoms with Gasteiger partial charge >= 0.3 is 6.03 Å². The Balaban J connectivity index is 1.72. The maximum Gasteiger partial charge on any atom is 0.315 e. The highest BCUT2D eigenvalue weighted by Gasteiger charge is 2.22.